The molecular weight excluding hydrogens is 484 g/mol. The van der Waals surface area contributed by atoms with Gasteiger partial charge < -0.3 is 19.3 Å². The van der Waals surface area contributed by atoms with Crippen molar-refractivity contribution < 1.29 is 33.7 Å². The molecule has 11 nitrogen and oxygen atoms in total. The van der Waals surface area contributed by atoms with E-state index in [2.05, 4.69) is 0 Å². The maximum atomic E-state index is 12.9. The highest BCUT2D eigenvalue weighted by molar-refractivity contribution is 6.15. The highest BCUT2D eigenvalue weighted by Gasteiger charge is 2.42. The molecule has 1 aromatic heterocycles. The Morgan fingerprint density at radius 1 is 1.14 bits per heavy atom. The Balaban J connectivity index is 1.75. The molecule has 3 rings (SSSR count). The van der Waals surface area contributed by atoms with Crippen LogP contribution < -0.4 is 11.2 Å². The maximum Gasteiger partial charge on any atom is 0.348 e. The lowest BCUT2D eigenvalue weighted by Crippen LogP contribution is -2.44. The van der Waals surface area contributed by atoms with Crippen LogP contribution in [0.25, 0.3) is 11.8 Å². The van der Waals surface area contributed by atoms with Gasteiger partial charge in [0, 0.05) is 26.1 Å². The van der Waals surface area contributed by atoms with Gasteiger partial charge in [-0.1, -0.05) is 30.4 Å². The summed E-state index contributed by atoms with van der Waals surface area (Å²) in [7, 11) is 1.35. The summed E-state index contributed by atoms with van der Waals surface area (Å²) in [6.45, 7) is 3.24. The van der Waals surface area contributed by atoms with Gasteiger partial charge in [0.2, 0.25) is 5.88 Å². The second-order valence-corrected chi connectivity index (χ2v) is 8.37. The van der Waals surface area contributed by atoms with Crippen LogP contribution in [0.3, 0.4) is 0 Å². The minimum absolute atomic E-state index is 0.0531. The minimum Gasteiger partial charge on any atom is -0.494 e. The van der Waals surface area contributed by atoms with E-state index >= 15 is 0 Å². The second-order valence-electron chi connectivity index (χ2n) is 8.37. The Morgan fingerprint density at radius 3 is 2.46 bits per heavy atom. The Kier molecular flexibility index (Phi) is 8.49. The number of allylic oxidation sites excluding steroid dienone is 8. The summed E-state index contributed by atoms with van der Waals surface area (Å²) in [4.78, 5) is 61.7. The number of carbonyl (C=O) groups is 3. The number of esters is 3. The lowest BCUT2D eigenvalue weighted by Gasteiger charge is -2.33. The Labute approximate surface area is 212 Å². The van der Waals surface area contributed by atoms with Gasteiger partial charge in [-0.3, -0.25) is 14.2 Å². The summed E-state index contributed by atoms with van der Waals surface area (Å²) in [5.74, 6) is -4.43. The van der Waals surface area contributed by atoms with E-state index in [-0.39, 0.29) is 30.6 Å². The molecule has 0 saturated carbocycles. The predicted octanol–water partition coefficient (Wildman–Crippen LogP) is 2.10. The van der Waals surface area contributed by atoms with E-state index in [1.54, 1.807) is 19.1 Å². The second kappa shape index (κ2) is 11.5. The van der Waals surface area contributed by atoms with Crippen LogP contribution in [0.1, 0.15) is 45.1 Å². The molecule has 1 fully saturated rings. The summed E-state index contributed by atoms with van der Waals surface area (Å²) in [6, 6.07) is 0. The van der Waals surface area contributed by atoms with Gasteiger partial charge in [0.15, 0.2) is 0 Å². The summed E-state index contributed by atoms with van der Waals surface area (Å²) in [5, 5.41) is 10.3. The zero-order valence-electron chi connectivity index (χ0n) is 20.8. The van der Waals surface area contributed by atoms with Crippen molar-refractivity contribution in [3.05, 3.63) is 74.5 Å². The summed E-state index contributed by atoms with van der Waals surface area (Å²) in [6.07, 6.45) is 13.3. The minimum atomic E-state index is -1.59. The number of nitrogens with zero attached hydrogens (tertiary/aromatic N) is 2. The molecule has 0 atom stereocenters. The van der Waals surface area contributed by atoms with Gasteiger partial charge in [-0.05, 0) is 38.0 Å². The van der Waals surface area contributed by atoms with E-state index in [1.807, 2.05) is 6.08 Å². The van der Waals surface area contributed by atoms with Gasteiger partial charge in [-0.15, -0.1) is 0 Å². The molecule has 0 bridgehead atoms. The molecule has 1 saturated heterocycles. The van der Waals surface area contributed by atoms with Gasteiger partial charge in [0.05, 0.1) is 13.0 Å². The Hall–Kier alpha value is -4.41. The maximum absolute atomic E-state index is 12.9. The average molecular weight is 513 g/mol. The third-order valence-electron chi connectivity index (χ3n) is 5.60. The van der Waals surface area contributed by atoms with Crippen LogP contribution in [-0.4, -0.2) is 44.5 Å². The molecule has 0 spiro atoms. The molecule has 37 heavy (non-hydrogen) atoms. The van der Waals surface area contributed by atoms with Crippen LogP contribution in [0.2, 0.25) is 0 Å². The molecule has 1 aliphatic heterocycles. The van der Waals surface area contributed by atoms with Crippen LogP contribution in [0.5, 0.6) is 5.88 Å². The number of aromatic hydroxyl groups is 1. The smallest absolute Gasteiger partial charge is 0.348 e. The molecule has 1 N–H and O–H groups in total. The van der Waals surface area contributed by atoms with E-state index in [0.717, 1.165) is 15.6 Å². The molecule has 0 unspecified atom stereocenters. The largest absolute Gasteiger partial charge is 0.494 e. The van der Waals surface area contributed by atoms with Crippen LogP contribution >= 0.6 is 0 Å². The van der Waals surface area contributed by atoms with Crippen molar-refractivity contribution in [1.29, 1.82) is 0 Å². The highest BCUT2D eigenvalue weighted by Crippen LogP contribution is 2.28. The molecule has 0 radical (unpaired) electrons. The molecule has 11 heteroatoms. The number of rotatable bonds is 8. The molecule has 0 amide bonds. The van der Waals surface area contributed by atoms with Crippen LogP contribution in [0.15, 0.2) is 57.7 Å². The van der Waals surface area contributed by atoms with Gasteiger partial charge in [-0.2, -0.15) is 0 Å². The molecule has 0 aromatic carbocycles. The van der Waals surface area contributed by atoms with Crippen molar-refractivity contribution in [2.24, 2.45) is 7.05 Å². The lowest BCUT2D eigenvalue weighted by atomic mass is 10.1. The van der Waals surface area contributed by atoms with Gasteiger partial charge in [-0.25, -0.2) is 19.0 Å². The average Bonchev–Trinajstić information content (AvgIpc) is 2.85. The van der Waals surface area contributed by atoms with E-state index in [0.29, 0.717) is 12.1 Å². The molecule has 1 aromatic rings. The SMILES string of the molecule is CCOC(=O)CCC1(C)OC(=O)C(=C/C=C/C=C/c2c(O)n(C)c(=O)n(C3=CCCC=C3)c2=O)C(=O)O1. The van der Waals surface area contributed by atoms with E-state index in [9.17, 15) is 29.1 Å². The van der Waals surface area contributed by atoms with Gasteiger partial charge in [0.25, 0.3) is 11.3 Å². The van der Waals surface area contributed by atoms with Crippen molar-refractivity contribution in [3.8, 4) is 5.88 Å². The molecule has 196 valence electrons. The fraction of sp³-hybridized carbons (Fsp3) is 0.346. The standard InChI is InChI=1S/C26H28N2O9/c1-4-35-20(29)15-16-26(2)36-23(32)19(24(33)37-26)14-10-6-9-13-18-21(30)27(3)25(34)28(22(18)31)17-11-7-5-8-12-17/h6-7,9-14,30H,4-5,8,15-16H2,1-3H3/b10-6+,13-9+,19-14?. The highest BCUT2D eigenvalue weighted by atomic mass is 16.7. The van der Waals surface area contributed by atoms with Crippen molar-refractivity contribution in [1.82, 2.24) is 9.13 Å². The van der Waals surface area contributed by atoms with Crippen molar-refractivity contribution in [2.75, 3.05) is 6.61 Å². The summed E-state index contributed by atoms with van der Waals surface area (Å²) < 4.78 is 17.2. The van der Waals surface area contributed by atoms with E-state index < -0.39 is 40.8 Å². The van der Waals surface area contributed by atoms with Crippen molar-refractivity contribution in [3.63, 3.8) is 0 Å². The van der Waals surface area contributed by atoms with Crippen LogP contribution in [0.4, 0.5) is 0 Å². The third-order valence-corrected chi connectivity index (χ3v) is 5.60. The van der Waals surface area contributed by atoms with Crippen LogP contribution in [-0.2, 0) is 35.6 Å². The first-order valence-electron chi connectivity index (χ1n) is 11.7. The zero-order valence-corrected chi connectivity index (χ0v) is 20.8. The normalized spacial score (nSPS) is 19.6. The van der Waals surface area contributed by atoms with Crippen LogP contribution in [0, 0.1) is 0 Å². The molecule has 2 heterocycles. The number of ether oxygens (including phenoxy) is 3. The quantitative estimate of drug-likeness (QED) is 0.240. The number of aromatic nitrogens is 2. The number of cyclic esters (lactones) is 2. The van der Waals surface area contributed by atoms with E-state index in [4.69, 9.17) is 14.2 Å². The van der Waals surface area contributed by atoms with Gasteiger partial charge in [0.1, 0.15) is 11.1 Å². The monoisotopic (exact) mass is 512 g/mol. The van der Waals surface area contributed by atoms with Crippen molar-refractivity contribution >= 4 is 29.7 Å². The van der Waals surface area contributed by atoms with Gasteiger partial charge >= 0.3 is 23.6 Å². The predicted molar refractivity (Wildman–Crippen MR) is 133 cm³/mol. The van der Waals surface area contributed by atoms with E-state index in [1.165, 1.54) is 44.4 Å². The number of hydrogen-bond acceptors (Lipinski definition) is 9. The molecule has 2 aliphatic rings. The summed E-state index contributed by atoms with van der Waals surface area (Å²) >= 11 is 0. The fourth-order valence-corrected chi connectivity index (χ4v) is 3.64. The summed E-state index contributed by atoms with van der Waals surface area (Å²) in [5.41, 5.74) is -1.42. The molecular formula is C26H28N2O9. The Bertz CT molecular complexity index is 1350. The first-order valence-corrected chi connectivity index (χ1v) is 11.7. The lowest BCUT2D eigenvalue weighted by molar-refractivity contribution is -0.231. The zero-order chi connectivity index (χ0) is 27.2. The van der Waals surface area contributed by atoms with Crippen molar-refractivity contribution in [2.45, 2.75) is 45.3 Å². The Morgan fingerprint density at radius 2 is 1.84 bits per heavy atom. The fourth-order valence-electron chi connectivity index (χ4n) is 3.64. The molecule has 1 aliphatic carbocycles. The first-order chi connectivity index (χ1) is 17.6. The topological polar surface area (TPSA) is 143 Å². The number of carbonyl (C=O) groups excluding carboxylic acids is 3. The third kappa shape index (κ3) is 6.24. The number of hydrogen-bond donors (Lipinski definition) is 1. The first kappa shape index (κ1) is 27.2.